The van der Waals surface area contributed by atoms with Gasteiger partial charge in [-0.15, -0.1) is 0 Å². The second-order valence-electron chi connectivity index (χ2n) is 6.56. The molecular weight excluding hydrogens is 278 g/mol. The van der Waals surface area contributed by atoms with E-state index in [1.54, 1.807) is 6.07 Å². The van der Waals surface area contributed by atoms with Crippen LogP contribution in [0.15, 0.2) is 18.2 Å². The summed E-state index contributed by atoms with van der Waals surface area (Å²) in [6, 6.07) is 7.69. The number of aryl methyl sites for hydroxylation is 1. The molecule has 5 heteroatoms. The number of fused-ring (bicyclic) bond motifs is 1. The molecule has 2 aromatic rings. The quantitative estimate of drug-likeness (QED) is 0.792. The van der Waals surface area contributed by atoms with E-state index in [-0.39, 0.29) is 12.1 Å². The summed E-state index contributed by atoms with van der Waals surface area (Å²) in [6.07, 6.45) is -0.593. The standard InChI is InChI=1S/C17H23N3O2/c1-11-5-6-15(14-7-12(8-18)20-16(11)14)22-10-13(21)9-19-17(2,3)4/h5-7,13,19-21H,9-10H2,1-4H3/t13-/m0/s1. The summed E-state index contributed by atoms with van der Waals surface area (Å²) in [5, 5.41) is 23.1. The Balaban J connectivity index is 2.07. The van der Waals surface area contributed by atoms with Gasteiger partial charge in [0, 0.05) is 17.5 Å². The van der Waals surface area contributed by atoms with E-state index in [0.717, 1.165) is 16.5 Å². The van der Waals surface area contributed by atoms with Crippen LogP contribution >= 0.6 is 0 Å². The Kier molecular flexibility index (Phi) is 4.74. The molecule has 0 aliphatic carbocycles. The van der Waals surface area contributed by atoms with Crippen molar-refractivity contribution < 1.29 is 9.84 Å². The van der Waals surface area contributed by atoms with Crippen molar-refractivity contribution in [2.45, 2.75) is 39.3 Å². The first kappa shape index (κ1) is 16.3. The Morgan fingerprint density at radius 1 is 1.41 bits per heavy atom. The van der Waals surface area contributed by atoms with Crippen LogP contribution in [0.25, 0.3) is 10.9 Å². The second kappa shape index (κ2) is 6.39. The molecule has 2 rings (SSSR count). The monoisotopic (exact) mass is 301 g/mol. The van der Waals surface area contributed by atoms with E-state index in [0.29, 0.717) is 18.0 Å². The number of aliphatic hydroxyl groups is 1. The Morgan fingerprint density at radius 3 is 2.77 bits per heavy atom. The van der Waals surface area contributed by atoms with E-state index >= 15 is 0 Å². The van der Waals surface area contributed by atoms with E-state index in [4.69, 9.17) is 10.00 Å². The minimum Gasteiger partial charge on any atom is -0.490 e. The van der Waals surface area contributed by atoms with Crippen LogP contribution in [0.5, 0.6) is 5.75 Å². The third kappa shape index (κ3) is 4.00. The number of nitrogens with zero attached hydrogens (tertiary/aromatic N) is 1. The number of aromatic amines is 1. The van der Waals surface area contributed by atoms with Gasteiger partial charge in [-0.05, 0) is 45.4 Å². The van der Waals surface area contributed by atoms with Crippen molar-refractivity contribution in [2.24, 2.45) is 0 Å². The zero-order valence-electron chi connectivity index (χ0n) is 13.5. The fraction of sp³-hybridized carbons (Fsp3) is 0.471. The van der Waals surface area contributed by atoms with Crippen LogP contribution in [0.2, 0.25) is 0 Å². The van der Waals surface area contributed by atoms with Crippen LogP contribution in [-0.4, -0.2) is 34.9 Å². The van der Waals surface area contributed by atoms with Crippen molar-refractivity contribution in [3.63, 3.8) is 0 Å². The lowest BCUT2D eigenvalue weighted by Crippen LogP contribution is -2.42. The Hall–Kier alpha value is -2.03. The molecule has 0 radical (unpaired) electrons. The van der Waals surface area contributed by atoms with Crippen molar-refractivity contribution in [1.82, 2.24) is 10.3 Å². The molecule has 0 saturated heterocycles. The molecule has 0 fully saturated rings. The van der Waals surface area contributed by atoms with Gasteiger partial charge in [0.15, 0.2) is 0 Å². The number of ether oxygens (including phenoxy) is 1. The third-order valence-corrected chi connectivity index (χ3v) is 3.38. The van der Waals surface area contributed by atoms with E-state index < -0.39 is 6.10 Å². The van der Waals surface area contributed by atoms with Crippen molar-refractivity contribution in [3.8, 4) is 11.8 Å². The topological polar surface area (TPSA) is 81.1 Å². The van der Waals surface area contributed by atoms with Crippen molar-refractivity contribution in [2.75, 3.05) is 13.2 Å². The van der Waals surface area contributed by atoms with Crippen LogP contribution in [0, 0.1) is 18.3 Å². The molecule has 0 spiro atoms. The summed E-state index contributed by atoms with van der Waals surface area (Å²) in [6.45, 7) is 8.79. The summed E-state index contributed by atoms with van der Waals surface area (Å²) < 4.78 is 5.74. The Labute approximate surface area is 130 Å². The lowest BCUT2D eigenvalue weighted by Gasteiger charge is -2.23. The average molecular weight is 301 g/mol. The number of rotatable bonds is 5. The summed E-state index contributed by atoms with van der Waals surface area (Å²) in [4.78, 5) is 3.07. The average Bonchev–Trinajstić information content (AvgIpc) is 2.89. The number of nitriles is 1. The number of hydrogen-bond acceptors (Lipinski definition) is 4. The number of aromatic nitrogens is 1. The maximum atomic E-state index is 10.0. The molecule has 0 saturated carbocycles. The highest BCUT2D eigenvalue weighted by molar-refractivity contribution is 5.89. The molecule has 0 amide bonds. The molecule has 0 bridgehead atoms. The van der Waals surface area contributed by atoms with E-state index in [1.807, 2.05) is 39.8 Å². The number of nitrogens with one attached hydrogen (secondary N) is 2. The third-order valence-electron chi connectivity index (χ3n) is 3.38. The lowest BCUT2D eigenvalue weighted by atomic mass is 10.1. The van der Waals surface area contributed by atoms with Crippen LogP contribution in [0.3, 0.4) is 0 Å². The highest BCUT2D eigenvalue weighted by Crippen LogP contribution is 2.29. The molecule has 1 aromatic carbocycles. The van der Waals surface area contributed by atoms with Gasteiger partial charge >= 0.3 is 0 Å². The lowest BCUT2D eigenvalue weighted by molar-refractivity contribution is 0.101. The van der Waals surface area contributed by atoms with Crippen LogP contribution in [0.4, 0.5) is 0 Å². The largest absolute Gasteiger partial charge is 0.490 e. The van der Waals surface area contributed by atoms with Gasteiger partial charge in [-0.1, -0.05) is 6.07 Å². The van der Waals surface area contributed by atoms with Crippen LogP contribution in [0.1, 0.15) is 32.0 Å². The zero-order valence-corrected chi connectivity index (χ0v) is 13.5. The van der Waals surface area contributed by atoms with Crippen LogP contribution < -0.4 is 10.1 Å². The van der Waals surface area contributed by atoms with Gasteiger partial charge in [-0.2, -0.15) is 5.26 Å². The van der Waals surface area contributed by atoms with E-state index in [2.05, 4.69) is 16.4 Å². The number of hydrogen-bond donors (Lipinski definition) is 3. The van der Waals surface area contributed by atoms with Crippen LogP contribution in [-0.2, 0) is 0 Å². The second-order valence-corrected chi connectivity index (χ2v) is 6.56. The molecule has 1 aromatic heterocycles. The fourth-order valence-corrected chi connectivity index (χ4v) is 2.19. The maximum Gasteiger partial charge on any atom is 0.128 e. The number of β-amino-alcohol motifs (C(OH)–C–C–N with tert-alkyl or cyclic N) is 1. The highest BCUT2D eigenvalue weighted by Gasteiger charge is 2.14. The molecule has 0 unspecified atom stereocenters. The van der Waals surface area contributed by atoms with Crippen molar-refractivity contribution in [1.29, 1.82) is 5.26 Å². The van der Waals surface area contributed by atoms with E-state index in [9.17, 15) is 5.11 Å². The fourth-order valence-electron chi connectivity index (χ4n) is 2.19. The minimum atomic E-state index is -0.593. The summed E-state index contributed by atoms with van der Waals surface area (Å²) in [7, 11) is 0. The minimum absolute atomic E-state index is 0.0412. The number of benzene rings is 1. The van der Waals surface area contributed by atoms with E-state index in [1.165, 1.54) is 0 Å². The van der Waals surface area contributed by atoms with Crippen molar-refractivity contribution >= 4 is 10.9 Å². The SMILES string of the molecule is Cc1ccc(OC[C@@H](O)CNC(C)(C)C)c2cc(C#N)[nH]c12. The first-order valence-corrected chi connectivity index (χ1v) is 7.38. The Bertz CT molecular complexity index is 692. The molecule has 22 heavy (non-hydrogen) atoms. The zero-order chi connectivity index (χ0) is 16.3. The van der Waals surface area contributed by atoms with Gasteiger partial charge in [0.1, 0.15) is 30.2 Å². The predicted octanol–water partition coefficient (Wildman–Crippen LogP) is 2.48. The normalized spacial score (nSPS) is 13.1. The van der Waals surface area contributed by atoms with Gasteiger partial charge in [-0.3, -0.25) is 0 Å². The maximum absolute atomic E-state index is 10.0. The smallest absolute Gasteiger partial charge is 0.128 e. The summed E-state index contributed by atoms with van der Waals surface area (Å²) in [5.74, 6) is 0.674. The molecule has 3 N–H and O–H groups in total. The molecular formula is C17H23N3O2. The molecule has 1 heterocycles. The molecule has 0 aliphatic heterocycles. The van der Waals surface area contributed by atoms with Gasteiger partial charge < -0.3 is 20.1 Å². The van der Waals surface area contributed by atoms with Crippen molar-refractivity contribution in [3.05, 3.63) is 29.5 Å². The summed E-state index contributed by atoms with van der Waals surface area (Å²) in [5.41, 5.74) is 2.42. The Morgan fingerprint density at radius 2 is 2.14 bits per heavy atom. The first-order valence-electron chi connectivity index (χ1n) is 7.38. The molecule has 1 atom stereocenters. The summed E-state index contributed by atoms with van der Waals surface area (Å²) >= 11 is 0. The molecule has 0 aliphatic rings. The van der Waals surface area contributed by atoms with Gasteiger partial charge in [-0.25, -0.2) is 0 Å². The predicted molar refractivity (Wildman–Crippen MR) is 87.0 cm³/mol. The molecule has 5 nitrogen and oxygen atoms in total. The first-order chi connectivity index (χ1) is 10.3. The number of H-pyrrole nitrogens is 1. The highest BCUT2D eigenvalue weighted by atomic mass is 16.5. The number of aliphatic hydroxyl groups excluding tert-OH is 1. The van der Waals surface area contributed by atoms with Gasteiger partial charge in [0.25, 0.3) is 0 Å². The molecule has 118 valence electrons. The van der Waals surface area contributed by atoms with Gasteiger partial charge in [0.05, 0.1) is 5.52 Å². The van der Waals surface area contributed by atoms with Gasteiger partial charge in [0.2, 0.25) is 0 Å².